The third kappa shape index (κ3) is 1.80. The van der Waals surface area contributed by atoms with Gasteiger partial charge in [0.1, 0.15) is 0 Å². The summed E-state index contributed by atoms with van der Waals surface area (Å²) in [5.74, 6) is 0. The van der Waals surface area contributed by atoms with Crippen LogP contribution in [0.25, 0.3) is 0 Å². The molecule has 0 aromatic carbocycles. The molecule has 0 unspecified atom stereocenters. The van der Waals surface area contributed by atoms with Crippen LogP contribution >= 0.6 is 0 Å². The molecule has 1 nitrogen and oxygen atoms in total. The van der Waals surface area contributed by atoms with Crippen molar-refractivity contribution < 1.29 is 35.6 Å². The van der Waals surface area contributed by atoms with Crippen LogP contribution in [-0.4, -0.2) is 0 Å². The van der Waals surface area contributed by atoms with Crippen molar-refractivity contribution in [3.05, 3.63) is 24.5 Å². The van der Waals surface area contributed by atoms with Crippen molar-refractivity contribution in [2.45, 2.75) is 0 Å². The average molecular weight is 205 g/mol. The predicted molar refractivity (Wildman–Crippen MR) is 19.8 cm³/mol. The summed E-state index contributed by atoms with van der Waals surface area (Å²) in [4.78, 5) is 3.72. The van der Waals surface area contributed by atoms with Crippen LogP contribution in [0.2, 0.25) is 0 Å². The monoisotopic (exact) mass is 205 g/mol. The second-order valence-corrected chi connectivity index (χ2v) is 0.832. The molecular formula is C4H4LaN-. The average Bonchev–Trinajstić information content (AvgIpc) is 1.76. The van der Waals surface area contributed by atoms with E-state index in [1.54, 1.807) is 12.4 Å². The van der Waals surface area contributed by atoms with E-state index < -0.39 is 0 Å². The van der Waals surface area contributed by atoms with Crippen molar-refractivity contribution in [2.75, 3.05) is 0 Å². The molecule has 0 atom stereocenters. The van der Waals surface area contributed by atoms with Crippen molar-refractivity contribution in [1.29, 1.82) is 0 Å². The Balaban J connectivity index is 0.000000250. The molecule has 1 radical (unpaired) electrons. The smallest absolute Gasteiger partial charge is 0 e. The molecule has 0 aliphatic rings. The molecule has 29 valence electrons. The van der Waals surface area contributed by atoms with Gasteiger partial charge in [-0.05, 0) is 0 Å². The first-order valence-corrected chi connectivity index (χ1v) is 1.52. The van der Waals surface area contributed by atoms with Crippen LogP contribution < -0.4 is 4.98 Å². The van der Waals surface area contributed by atoms with Crippen LogP contribution in [0, 0.1) is 35.6 Å². The van der Waals surface area contributed by atoms with Crippen LogP contribution in [0.15, 0.2) is 24.5 Å². The van der Waals surface area contributed by atoms with Crippen LogP contribution in [-0.2, 0) is 0 Å². The standard InChI is InChI=1S/C4H4N.La/c1-2-4-5-3-1;/h1-4H;/q-1;. The van der Waals surface area contributed by atoms with Gasteiger partial charge in [0.25, 0.3) is 0 Å². The minimum atomic E-state index is 0. The SMILES string of the molecule is [La].c1cc[n-]c1. The van der Waals surface area contributed by atoms with Crippen LogP contribution in [0.3, 0.4) is 0 Å². The molecule has 1 aromatic heterocycles. The molecule has 0 amide bonds. The molecule has 0 N–H and O–H groups in total. The summed E-state index contributed by atoms with van der Waals surface area (Å²) >= 11 is 0. The molecule has 0 saturated heterocycles. The summed E-state index contributed by atoms with van der Waals surface area (Å²) in [6, 6.07) is 3.78. The molecule has 0 aliphatic carbocycles. The Hall–Kier alpha value is 0.475. The fourth-order valence-electron chi connectivity index (χ4n) is 0.248. The maximum Gasteiger partial charge on any atom is 0 e. The minimum absolute atomic E-state index is 0. The van der Waals surface area contributed by atoms with Gasteiger partial charge in [-0.2, -0.15) is 12.4 Å². The Bertz CT molecular complexity index is 64.0. The second kappa shape index (κ2) is 3.66. The summed E-state index contributed by atoms with van der Waals surface area (Å²) in [5, 5.41) is 0. The molecule has 0 spiro atoms. The Kier molecular flexibility index (Phi) is 3.95. The molecule has 0 saturated carbocycles. The maximum atomic E-state index is 3.72. The van der Waals surface area contributed by atoms with E-state index in [2.05, 4.69) is 4.98 Å². The number of hydrogen-bond donors (Lipinski definition) is 0. The van der Waals surface area contributed by atoms with E-state index in [1.165, 1.54) is 0 Å². The van der Waals surface area contributed by atoms with Gasteiger partial charge in [-0.3, -0.25) is 0 Å². The second-order valence-electron chi connectivity index (χ2n) is 0.832. The topological polar surface area (TPSA) is 14.1 Å². The Morgan fingerprint density at radius 1 is 1.00 bits per heavy atom. The molecule has 0 fully saturated rings. The number of aromatic nitrogens is 1. The fraction of sp³-hybridized carbons (Fsp3) is 0. The van der Waals surface area contributed by atoms with Crippen LogP contribution in [0.5, 0.6) is 0 Å². The van der Waals surface area contributed by atoms with Crippen molar-refractivity contribution in [3.63, 3.8) is 0 Å². The van der Waals surface area contributed by atoms with Gasteiger partial charge in [-0.15, -0.1) is 0 Å². The molecule has 1 aromatic rings. The van der Waals surface area contributed by atoms with Gasteiger partial charge in [0, 0.05) is 35.6 Å². The van der Waals surface area contributed by atoms with E-state index in [0.29, 0.717) is 0 Å². The minimum Gasteiger partial charge on any atom is -0.670 e. The molecule has 0 bridgehead atoms. The fourth-order valence-corrected chi connectivity index (χ4v) is 0.248. The molecule has 6 heavy (non-hydrogen) atoms. The molecule has 2 heteroatoms. The van der Waals surface area contributed by atoms with Gasteiger partial charge < -0.3 is 4.98 Å². The van der Waals surface area contributed by atoms with Gasteiger partial charge in [0.15, 0.2) is 0 Å². The molecule has 0 aliphatic heterocycles. The zero-order chi connectivity index (χ0) is 3.54. The van der Waals surface area contributed by atoms with Crippen molar-refractivity contribution in [2.24, 2.45) is 0 Å². The first-order chi connectivity index (χ1) is 2.50. The quantitative estimate of drug-likeness (QED) is 0.606. The third-order valence-corrected chi connectivity index (χ3v) is 0.455. The molecule has 1 heterocycles. The van der Waals surface area contributed by atoms with E-state index >= 15 is 0 Å². The van der Waals surface area contributed by atoms with E-state index in [9.17, 15) is 0 Å². The van der Waals surface area contributed by atoms with E-state index in [0.717, 1.165) is 0 Å². The summed E-state index contributed by atoms with van der Waals surface area (Å²) in [6.07, 6.45) is 3.50. The van der Waals surface area contributed by atoms with Crippen molar-refractivity contribution >= 4 is 0 Å². The Labute approximate surface area is 64.7 Å². The number of nitrogens with zero attached hydrogens (tertiary/aromatic N) is 1. The van der Waals surface area contributed by atoms with Gasteiger partial charge >= 0.3 is 0 Å². The zero-order valence-corrected chi connectivity index (χ0v) is 6.96. The van der Waals surface area contributed by atoms with Gasteiger partial charge in [0.2, 0.25) is 0 Å². The van der Waals surface area contributed by atoms with E-state index in [4.69, 9.17) is 0 Å². The maximum absolute atomic E-state index is 3.72. The Morgan fingerprint density at radius 2 is 1.50 bits per heavy atom. The van der Waals surface area contributed by atoms with Gasteiger partial charge in [0.05, 0.1) is 0 Å². The normalized spacial score (nSPS) is 6.67. The van der Waals surface area contributed by atoms with Crippen LogP contribution in [0.1, 0.15) is 0 Å². The third-order valence-electron chi connectivity index (χ3n) is 0.455. The zero-order valence-electron chi connectivity index (χ0n) is 3.33. The largest absolute Gasteiger partial charge is 0.670 e. The van der Waals surface area contributed by atoms with Crippen molar-refractivity contribution in [1.82, 2.24) is 4.98 Å². The number of rotatable bonds is 0. The summed E-state index contributed by atoms with van der Waals surface area (Å²) in [5.41, 5.74) is 0. The van der Waals surface area contributed by atoms with Crippen molar-refractivity contribution in [3.8, 4) is 0 Å². The first-order valence-electron chi connectivity index (χ1n) is 1.52. The summed E-state index contributed by atoms with van der Waals surface area (Å²) in [6.45, 7) is 0. The van der Waals surface area contributed by atoms with Crippen LogP contribution in [0.4, 0.5) is 0 Å². The van der Waals surface area contributed by atoms with E-state index in [-0.39, 0.29) is 35.6 Å². The molecule has 1 rings (SSSR count). The predicted octanol–water partition coefficient (Wildman–Crippen LogP) is 0.644. The molecular weight excluding hydrogens is 201 g/mol. The van der Waals surface area contributed by atoms with E-state index in [1.807, 2.05) is 12.1 Å². The summed E-state index contributed by atoms with van der Waals surface area (Å²) < 4.78 is 0. The number of hydrogen-bond acceptors (Lipinski definition) is 0. The Morgan fingerprint density at radius 3 is 1.67 bits per heavy atom. The first kappa shape index (κ1) is 6.47. The van der Waals surface area contributed by atoms with Gasteiger partial charge in [-0.25, -0.2) is 0 Å². The summed E-state index contributed by atoms with van der Waals surface area (Å²) in [7, 11) is 0. The van der Waals surface area contributed by atoms with Gasteiger partial charge in [-0.1, -0.05) is 12.1 Å².